The van der Waals surface area contributed by atoms with Crippen molar-refractivity contribution in [3.05, 3.63) is 35.6 Å². The molecule has 0 radical (unpaired) electrons. The van der Waals surface area contributed by atoms with Crippen molar-refractivity contribution < 1.29 is 9.13 Å². The molecule has 0 aliphatic heterocycles. The van der Waals surface area contributed by atoms with Gasteiger partial charge in [-0.05, 0) is 12.5 Å². The van der Waals surface area contributed by atoms with Crippen molar-refractivity contribution in [2.24, 2.45) is 5.73 Å². The quantitative estimate of drug-likeness (QED) is 0.803. The fraction of sp³-hybridized carbons (Fsp3) is 0.455. The summed E-state index contributed by atoms with van der Waals surface area (Å²) in [5.41, 5.74) is 6.41. The van der Waals surface area contributed by atoms with Crippen LogP contribution in [-0.2, 0) is 4.74 Å². The average molecular weight is 197 g/mol. The molecule has 2 unspecified atom stereocenters. The van der Waals surface area contributed by atoms with Gasteiger partial charge in [0, 0.05) is 12.7 Å². The zero-order valence-electron chi connectivity index (χ0n) is 8.53. The fourth-order valence-corrected chi connectivity index (χ4v) is 1.51. The van der Waals surface area contributed by atoms with Gasteiger partial charge in [0.1, 0.15) is 5.82 Å². The Balaban J connectivity index is 2.88. The lowest BCUT2D eigenvalue weighted by Crippen LogP contribution is -2.28. The summed E-state index contributed by atoms with van der Waals surface area (Å²) in [6, 6.07) is 6.14. The lowest BCUT2D eigenvalue weighted by atomic mass is 10.00. The summed E-state index contributed by atoms with van der Waals surface area (Å²) < 4.78 is 18.5. The predicted octanol–water partition coefficient (Wildman–Crippen LogP) is 2.25. The van der Waals surface area contributed by atoms with Gasteiger partial charge < -0.3 is 10.5 Å². The van der Waals surface area contributed by atoms with E-state index in [0.29, 0.717) is 5.56 Å². The van der Waals surface area contributed by atoms with Gasteiger partial charge in [-0.15, -0.1) is 0 Å². The Morgan fingerprint density at radius 2 is 2.07 bits per heavy atom. The minimum absolute atomic E-state index is 0.133. The molecule has 0 saturated carbocycles. The van der Waals surface area contributed by atoms with E-state index in [1.807, 2.05) is 6.92 Å². The molecule has 0 aromatic heterocycles. The summed E-state index contributed by atoms with van der Waals surface area (Å²) in [4.78, 5) is 0. The van der Waals surface area contributed by atoms with E-state index in [-0.39, 0.29) is 11.9 Å². The van der Waals surface area contributed by atoms with E-state index in [1.165, 1.54) is 6.07 Å². The summed E-state index contributed by atoms with van der Waals surface area (Å²) in [6.45, 7) is 1.97. The Morgan fingerprint density at radius 3 is 2.57 bits per heavy atom. The van der Waals surface area contributed by atoms with Crippen LogP contribution in [0.1, 0.15) is 24.9 Å². The molecule has 1 aromatic carbocycles. The van der Waals surface area contributed by atoms with Crippen molar-refractivity contribution >= 4 is 0 Å². The minimum Gasteiger partial charge on any atom is -0.379 e. The van der Waals surface area contributed by atoms with Gasteiger partial charge in [0.2, 0.25) is 0 Å². The first kappa shape index (κ1) is 11.1. The van der Waals surface area contributed by atoms with Crippen LogP contribution in [0.15, 0.2) is 24.3 Å². The van der Waals surface area contributed by atoms with Crippen LogP contribution >= 0.6 is 0 Å². The lowest BCUT2D eigenvalue weighted by Gasteiger charge is -2.21. The summed E-state index contributed by atoms with van der Waals surface area (Å²) in [5.74, 6) is -0.268. The van der Waals surface area contributed by atoms with Crippen LogP contribution in [0.4, 0.5) is 4.39 Å². The number of nitrogens with two attached hydrogens (primary N) is 1. The summed E-state index contributed by atoms with van der Waals surface area (Å²) in [5, 5.41) is 0. The van der Waals surface area contributed by atoms with Gasteiger partial charge in [-0.25, -0.2) is 4.39 Å². The number of benzene rings is 1. The molecule has 0 aliphatic rings. The van der Waals surface area contributed by atoms with E-state index in [4.69, 9.17) is 10.5 Å². The Labute approximate surface area is 83.9 Å². The number of ether oxygens (including phenoxy) is 1. The summed E-state index contributed by atoms with van der Waals surface area (Å²) >= 11 is 0. The molecule has 78 valence electrons. The van der Waals surface area contributed by atoms with E-state index in [1.54, 1.807) is 25.3 Å². The van der Waals surface area contributed by atoms with Gasteiger partial charge in [-0.1, -0.05) is 25.1 Å². The van der Waals surface area contributed by atoms with Crippen molar-refractivity contribution in [2.75, 3.05) is 7.11 Å². The Hall–Kier alpha value is -0.930. The van der Waals surface area contributed by atoms with Crippen molar-refractivity contribution in [2.45, 2.75) is 25.5 Å². The molecule has 1 aromatic rings. The first-order valence-electron chi connectivity index (χ1n) is 4.73. The third-order valence-corrected chi connectivity index (χ3v) is 2.37. The van der Waals surface area contributed by atoms with Gasteiger partial charge in [0.25, 0.3) is 0 Å². The van der Waals surface area contributed by atoms with Crippen LogP contribution in [-0.4, -0.2) is 13.2 Å². The van der Waals surface area contributed by atoms with Crippen molar-refractivity contribution in [3.8, 4) is 0 Å². The highest BCUT2D eigenvalue weighted by atomic mass is 19.1. The summed E-state index contributed by atoms with van der Waals surface area (Å²) in [6.07, 6.45) is 0.637. The molecule has 14 heavy (non-hydrogen) atoms. The largest absolute Gasteiger partial charge is 0.379 e. The molecule has 0 aliphatic carbocycles. The normalized spacial score (nSPS) is 15.1. The highest BCUT2D eigenvalue weighted by Gasteiger charge is 2.19. The van der Waals surface area contributed by atoms with E-state index < -0.39 is 6.04 Å². The SMILES string of the molecule is CCC(OC)C(N)c1ccccc1F. The molecular weight excluding hydrogens is 181 g/mol. The van der Waals surface area contributed by atoms with E-state index in [9.17, 15) is 4.39 Å². The van der Waals surface area contributed by atoms with E-state index in [0.717, 1.165) is 6.42 Å². The molecule has 0 saturated heterocycles. The number of hydrogen-bond acceptors (Lipinski definition) is 2. The van der Waals surface area contributed by atoms with Crippen LogP contribution in [0.25, 0.3) is 0 Å². The number of halogens is 1. The highest BCUT2D eigenvalue weighted by molar-refractivity contribution is 5.21. The first-order chi connectivity index (χ1) is 6.70. The smallest absolute Gasteiger partial charge is 0.128 e. The fourth-order valence-electron chi connectivity index (χ4n) is 1.51. The van der Waals surface area contributed by atoms with Crippen LogP contribution in [0, 0.1) is 5.82 Å². The molecule has 2 nitrogen and oxygen atoms in total. The first-order valence-corrected chi connectivity index (χ1v) is 4.73. The topological polar surface area (TPSA) is 35.2 Å². The van der Waals surface area contributed by atoms with Crippen molar-refractivity contribution in [3.63, 3.8) is 0 Å². The Kier molecular flexibility index (Phi) is 4.04. The molecule has 1 rings (SSSR count). The third kappa shape index (κ3) is 2.30. The number of rotatable bonds is 4. The van der Waals surface area contributed by atoms with Crippen LogP contribution in [0.2, 0.25) is 0 Å². The molecule has 2 atom stereocenters. The molecule has 0 bridgehead atoms. The second-order valence-electron chi connectivity index (χ2n) is 3.23. The Bertz CT molecular complexity index is 286. The number of hydrogen-bond donors (Lipinski definition) is 1. The molecule has 2 N–H and O–H groups in total. The van der Waals surface area contributed by atoms with Gasteiger partial charge in [0.05, 0.1) is 12.1 Å². The molecule has 3 heteroatoms. The third-order valence-electron chi connectivity index (χ3n) is 2.37. The van der Waals surface area contributed by atoms with Crippen LogP contribution in [0.3, 0.4) is 0 Å². The lowest BCUT2D eigenvalue weighted by molar-refractivity contribution is 0.0762. The Morgan fingerprint density at radius 1 is 1.43 bits per heavy atom. The summed E-state index contributed by atoms with van der Waals surface area (Å²) in [7, 11) is 1.59. The molecule has 0 heterocycles. The van der Waals surface area contributed by atoms with Gasteiger partial charge >= 0.3 is 0 Å². The molecular formula is C11H16FNO. The maximum atomic E-state index is 13.3. The average Bonchev–Trinajstić information content (AvgIpc) is 2.20. The van der Waals surface area contributed by atoms with Crippen molar-refractivity contribution in [1.82, 2.24) is 0 Å². The van der Waals surface area contributed by atoms with E-state index >= 15 is 0 Å². The van der Waals surface area contributed by atoms with Crippen LogP contribution < -0.4 is 5.73 Å². The molecule has 0 amide bonds. The number of methoxy groups -OCH3 is 1. The molecule has 0 fully saturated rings. The second kappa shape index (κ2) is 5.08. The molecule has 0 spiro atoms. The maximum Gasteiger partial charge on any atom is 0.128 e. The van der Waals surface area contributed by atoms with Crippen LogP contribution in [0.5, 0.6) is 0 Å². The van der Waals surface area contributed by atoms with Crippen molar-refractivity contribution in [1.29, 1.82) is 0 Å². The predicted molar refractivity (Wildman–Crippen MR) is 54.4 cm³/mol. The van der Waals surface area contributed by atoms with Gasteiger partial charge in [-0.2, -0.15) is 0 Å². The monoisotopic (exact) mass is 197 g/mol. The van der Waals surface area contributed by atoms with E-state index in [2.05, 4.69) is 0 Å². The minimum atomic E-state index is -0.397. The van der Waals surface area contributed by atoms with Gasteiger partial charge in [0.15, 0.2) is 0 Å². The standard InChI is InChI=1S/C11H16FNO/c1-3-10(14-2)11(13)8-6-4-5-7-9(8)12/h4-7,10-11H,3,13H2,1-2H3. The maximum absolute atomic E-state index is 13.3. The highest BCUT2D eigenvalue weighted by Crippen LogP contribution is 2.20. The van der Waals surface area contributed by atoms with Gasteiger partial charge in [-0.3, -0.25) is 0 Å². The zero-order valence-corrected chi connectivity index (χ0v) is 8.53. The zero-order chi connectivity index (χ0) is 10.6. The second-order valence-corrected chi connectivity index (χ2v) is 3.23.